The summed E-state index contributed by atoms with van der Waals surface area (Å²) >= 11 is 38.0. The number of carbonyl (C=O) groups is 3. The fraction of sp³-hybridized carbons (Fsp3) is 0.347. The third-order valence-electron chi connectivity index (χ3n) is 17.1. The van der Waals surface area contributed by atoms with E-state index in [1.165, 1.54) is 16.5 Å². The van der Waals surface area contributed by atoms with Gasteiger partial charge in [0.05, 0.1) is 102 Å². The Morgan fingerprint density at radius 3 is 1.20 bits per heavy atom. The number of nitrogens with two attached hydrogens (primary N) is 1. The number of urea groups is 1. The van der Waals surface area contributed by atoms with E-state index in [2.05, 4.69) is 75.4 Å². The lowest BCUT2D eigenvalue weighted by Gasteiger charge is -2.44. The third kappa shape index (κ3) is 22.2. The first-order valence-electron chi connectivity index (χ1n) is 32.5. The highest BCUT2D eigenvalue weighted by Gasteiger charge is 2.40. The van der Waals surface area contributed by atoms with E-state index in [0.717, 1.165) is 92.1 Å². The number of amides is 4. The number of isocyanates is 1. The highest BCUT2D eigenvalue weighted by molar-refractivity contribution is 6.34. The van der Waals surface area contributed by atoms with Crippen LogP contribution in [0, 0.1) is 45.1 Å². The van der Waals surface area contributed by atoms with Crippen LogP contribution in [0.25, 0.3) is 0 Å². The Morgan fingerprint density at radius 2 is 0.901 bits per heavy atom. The van der Waals surface area contributed by atoms with Gasteiger partial charge in [-0.25, -0.2) is 25.6 Å². The molecule has 20 nitrogen and oxygen atoms in total. The molecule has 0 radical (unpaired) electrons. The summed E-state index contributed by atoms with van der Waals surface area (Å²) in [6.07, 6.45) is 1.39. The standard InChI is InChI=1S/C28H24Cl2N4O2.C23H27Cl2N5O.C20H22Cl2N4.C3H5NO.CH4.H2N2.H2/c1-18(34-27(35)22-4-2-3-5-23(22)28(34)36)16-32-12-13-33(25-11-6-19(15-31)14-24(25)30)26(17-32)20-7-9-21(29)10-8-20;1-3-27-23(31)28-16(2)14-29-10-11-30(21-9-4-17(13-26)12-20(21)25)22(15-29)18-5-7-19(24)8-6-18;1-14(24)12-25-8-9-26(19-7-2-15(11-23)10-18(19)22)20(13-25)16-3-5-17(21)6-4-16;1-2-4-3-5;;1-2;/h2-11,14,18,26H,12-13,16-17H2,1H3;4-9,12,16,22H,3,10-11,14-15H2,1-2H3,(H2,27,28,31);2-7,10,14,20H,8-9,12-13,24H2,1H3;2H2,1H3;1H4;1-2H;1H/t18-,26-;16-,22-;14-,20-;;;;/m000..../s1. The molecular weight excluding hydrogens is 1400 g/mol. The summed E-state index contributed by atoms with van der Waals surface area (Å²) in [5, 5.41) is 37.0. The molecule has 0 aliphatic carbocycles. The molecule has 0 bridgehead atoms. The number of fused-ring (bicyclic) bond motifs is 1. The highest BCUT2D eigenvalue weighted by atomic mass is 35.5. The zero-order valence-electron chi connectivity index (χ0n) is 56.2. The topological polar surface area (TPSA) is 272 Å². The Bertz CT molecular complexity index is 4060. The zero-order chi connectivity index (χ0) is 72.6. The van der Waals surface area contributed by atoms with Crippen LogP contribution in [0.1, 0.15) is 116 Å². The Hall–Kier alpha value is -8.62. The number of halogens is 6. The van der Waals surface area contributed by atoms with Crippen LogP contribution in [0.4, 0.5) is 21.9 Å². The molecule has 3 saturated heterocycles. The van der Waals surface area contributed by atoms with Crippen LogP contribution in [-0.4, -0.2) is 153 Å². The number of rotatable bonds is 16. The van der Waals surface area contributed by atoms with Crippen molar-refractivity contribution in [2.45, 2.75) is 78.3 Å². The maximum atomic E-state index is 13.0. The summed E-state index contributed by atoms with van der Waals surface area (Å²) in [6, 6.07) is 53.1. The second kappa shape index (κ2) is 40.1. The SMILES string of the molecule is C.CCN=C=O.CCNC(=O)N[C@@H](C)CN1CCN(c2ccc(C#N)cc2Cl)[C@H](c2ccc(Cl)cc2)C1.C[C@@H](CN1CCN(c2ccc(C#N)cc2Cl)[C@H](c2ccc(Cl)cc2)C1)N1C(=O)c2ccccc2C1=O.C[C@H](N)CN1CCN(c2ccc(C#N)cc2Cl)[C@H](c2ccc(Cl)cc2)C1.N=N.[HH]. The van der Waals surface area contributed by atoms with E-state index in [4.69, 9.17) is 102 Å². The predicted molar refractivity (Wildman–Crippen MR) is 407 cm³/mol. The van der Waals surface area contributed by atoms with E-state index in [-0.39, 0.29) is 62.9 Å². The smallest absolute Gasteiger partial charge is 0.315 e. The van der Waals surface area contributed by atoms with Crippen molar-refractivity contribution < 1.29 is 20.6 Å². The monoisotopic (exact) mass is 1480 g/mol. The first-order chi connectivity index (χ1) is 48.2. The number of nitrogens with zero attached hydrogens (tertiary/aromatic N) is 11. The molecule has 6 atom stereocenters. The molecule has 0 aromatic heterocycles. The van der Waals surface area contributed by atoms with Crippen molar-refractivity contribution in [2.24, 2.45) is 10.7 Å². The van der Waals surface area contributed by atoms with Gasteiger partial charge in [0.15, 0.2) is 0 Å². The molecule has 4 aliphatic rings. The first-order valence-corrected chi connectivity index (χ1v) is 34.8. The van der Waals surface area contributed by atoms with Gasteiger partial charge in [-0.05, 0) is 154 Å². The van der Waals surface area contributed by atoms with Gasteiger partial charge in [-0.15, -0.1) is 0 Å². The number of aliphatic imine (C=N–C) groups is 1. The lowest BCUT2D eigenvalue weighted by molar-refractivity contribution is 0.0551. The molecular formula is C75H86Cl6N16O4. The fourth-order valence-electron chi connectivity index (χ4n) is 12.6. The molecule has 7 aromatic rings. The number of nitrogens with one attached hydrogen (secondary N) is 4. The number of carbonyl (C=O) groups excluding carboxylic acids is 4. The lowest BCUT2D eigenvalue weighted by atomic mass is 10.0. The Labute approximate surface area is 624 Å². The molecule has 11 rings (SSSR count). The highest BCUT2D eigenvalue weighted by Crippen LogP contribution is 2.40. The van der Waals surface area contributed by atoms with Crippen molar-refractivity contribution in [1.82, 2.24) is 30.2 Å². The second-order valence-corrected chi connectivity index (χ2v) is 26.7. The second-order valence-electron chi connectivity index (χ2n) is 24.2. The van der Waals surface area contributed by atoms with Crippen molar-refractivity contribution in [1.29, 1.82) is 26.8 Å². The predicted octanol–water partition coefficient (Wildman–Crippen LogP) is 15.7. The number of nitriles is 3. The lowest BCUT2D eigenvalue weighted by Crippen LogP contribution is -2.53. The molecule has 532 valence electrons. The zero-order valence-corrected chi connectivity index (χ0v) is 60.7. The normalized spacial score (nSPS) is 17.4. The van der Waals surface area contributed by atoms with Gasteiger partial charge in [0, 0.05) is 120 Å². The fourth-order valence-corrected chi connectivity index (χ4v) is 13.9. The van der Waals surface area contributed by atoms with Crippen molar-refractivity contribution in [3.05, 3.63) is 226 Å². The summed E-state index contributed by atoms with van der Waals surface area (Å²) < 4.78 is 0. The van der Waals surface area contributed by atoms with Crippen molar-refractivity contribution >= 4 is 111 Å². The summed E-state index contributed by atoms with van der Waals surface area (Å²) in [4.78, 5) is 65.3. The molecule has 4 aliphatic heterocycles. The van der Waals surface area contributed by atoms with Gasteiger partial charge in [-0.2, -0.15) is 15.8 Å². The molecule has 6 N–H and O–H groups in total. The Balaban J connectivity index is 0.000000263. The quantitative estimate of drug-likeness (QED) is 0.0261. The average Bonchev–Trinajstić information content (AvgIpc) is 1.35. The van der Waals surface area contributed by atoms with Crippen LogP contribution in [0.3, 0.4) is 0 Å². The molecule has 7 aromatic carbocycles. The summed E-state index contributed by atoms with van der Waals surface area (Å²) in [7, 11) is 0. The number of hydrogen-bond donors (Lipinski definition) is 5. The molecule has 4 heterocycles. The van der Waals surface area contributed by atoms with E-state index in [0.29, 0.717) is 85.7 Å². The van der Waals surface area contributed by atoms with Crippen LogP contribution < -0.4 is 31.1 Å². The summed E-state index contributed by atoms with van der Waals surface area (Å²) in [5.74, 6) is -0.472. The van der Waals surface area contributed by atoms with Crippen molar-refractivity contribution in [3.8, 4) is 18.2 Å². The van der Waals surface area contributed by atoms with Gasteiger partial charge < -0.3 is 31.1 Å². The number of hydrogen-bond acceptors (Lipinski definition) is 17. The van der Waals surface area contributed by atoms with E-state index in [9.17, 15) is 19.6 Å². The minimum atomic E-state index is -0.284. The van der Waals surface area contributed by atoms with Gasteiger partial charge in [0.2, 0.25) is 6.08 Å². The van der Waals surface area contributed by atoms with Gasteiger partial charge >= 0.3 is 6.03 Å². The maximum absolute atomic E-state index is 13.0. The van der Waals surface area contributed by atoms with Crippen LogP contribution >= 0.6 is 69.6 Å². The molecule has 0 spiro atoms. The average molecular weight is 1490 g/mol. The molecule has 3 fully saturated rings. The third-order valence-corrected chi connectivity index (χ3v) is 18.8. The van der Waals surface area contributed by atoms with E-state index < -0.39 is 0 Å². The Kier molecular flexibility index (Phi) is 32.3. The molecule has 0 saturated carbocycles. The van der Waals surface area contributed by atoms with Crippen LogP contribution in [0.5, 0.6) is 0 Å². The number of anilines is 3. The Morgan fingerprint density at radius 1 is 0.554 bits per heavy atom. The molecule has 0 unspecified atom stereocenters. The summed E-state index contributed by atoms with van der Waals surface area (Å²) in [6.45, 7) is 20.0. The van der Waals surface area contributed by atoms with E-state index in [1.807, 2.05) is 113 Å². The van der Waals surface area contributed by atoms with Gasteiger partial charge in [0.1, 0.15) is 0 Å². The van der Waals surface area contributed by atoms with E-state index in [1.54, 1.807) is 61.5 Å². The first kappa shape index (κ1) is 81.3. The largest absolute Gasteiger partial charge is 0.361 e. The van der Waals surface area contributed by atoms with Crippen molar-refractivity contribution in [3.63, 3.8) is 0 Å². The van der Waals surface area contributed by atoms with Crippen LogP contribution in [0.2, 0.25) is 30.1 Å². The van der Waals surface area contributed by atoms with Crippen LogP contribution in [0.15, 0.2) is 157 Å². The number of benzene rings is 7. The van der Waals surface area contributed by atoms with E-state index >= 15 is 0 Å². The minimum absolute atomic E-state index is 0. The van der Waals surface area contributed by atoms with Crippen molar-refractivity contribution in [2.75, 3.05) is 106 Å². The minimum Gasteiger partial charge on any atom is -0.361 e. The number of piperazine rings is 3. The van der Waals surface area contributed by atoms with Gasteiger partial charge in [-0.3, -0.25) is 29.2 Å². The maximum Gasteiger partial charge on any atom is 0.315 e. The number of imide groups is 1. The van der Waals surface area contributed by atoms with Gasteiger partial charge in [-0.1, -0.05) is 126 Å². The molecule has 26 heteroatoms. The molecule has 4 amide bonds. The van der Waals surface area contributed by atoms with Gasteiger partial charge in [0.25, 0.3) is 11.8 Å². The summed E-state index contributed by atoms with van der Waals surface area (Å²) in [5.41, 5.74) is 24.7. The van der Waals surface area contributed by atoms with Crippen LogP contribution in [-0.2, 0) is 4.79 Å². The molecule has 101 heavy (non-hydrogen) atoms.